The molecule has 0 aliphatic heterocycles. The fourth-order valence-corrected chi connectivity index (χ4v) is 2.03. The summed E-state index contributed by atoms with van der Waals surface area (Å²) < 4.78 is 24.2. The summed E-state index contributed by atoms with van der Waals surface area (Å²) in [6, 6.07) is 4.44. The number of hydrogen-bond donors (Lipinski definition) is 1. The quantitative estimate of drug-likeness (QED) is 0.670. The number of halogens is 1. The first-order valence-electron chi connectivity index (χ1n) is 6.81. The first-order chi connectivity index (χ1) is 10.1. The highest BCUT2D eigenvalue weighted by molar-refractivity contribution is 5.88. The smallest absolute Gasteiger partial charge is 0.338 e. The lowest BCUT2D eigenvalue weighted by atomic mass is 10.1. The molecule has 1 aromatic carbocycles. The predicted molar refractivity (Wildman–Crippen MR) is 77.0 cm³/mol. The molecule has 0 fully saturated rings. The molecule has 0 aliphatic rings. The van der Waals surface area contributed by atoms with Gasteiger partial charge < -0.3 is 14.6 Å². The molecule has 21 heavy (non-hydrogen) atoms. The van der Waals surface area contributed by atoms with E-state index >= 15 is 0 Å². The Morgan fingerprint density at radius 1 is 1.24 bits per heavy atom. The van der Waals surface area contributed by atoms with E-state index in [-0.39, 0.29) is 5.56 Å². The van der Waals surface area contributed by atoms with Crippen LogP contribution in [0.2, 0.25) is 0 Å². The first kappa shape index (κ1) is 17.6. The summed E-state index contributed by atoms with van der Waals surface area (Å²) in [7, 11) is 3.24. The Balaban J connectivity index is 2.77. The number of carbonyl (C=O) groups is 1. The fraction of sp³-hybridized carbons (Fsp3) is 0.533. The number of rotatable bonds is 10. The van der Waals surface area contributed by atoms with Crippen molar-refractivity contribution in [2.75, 3.05) is 40.5 Å². The molecule has 118 valence electrons. The number of hydrogen-bond acceptors (Lipinski definition) is 4. The van der Waals surface area contributed by atoms with Gasteiger partial charge in [0.25, 0.3) is 0 Å². The number of benzene rings is 1. The molecule has 0 saturated heterocycles. The van der Waals surface area contributed by atoms with Gasteiger partial charge in [-0.1, -0.05) is 12.1 Å². The molecule has 6 heteroatoms. The highest BCUT2D eigenvalue weighted by Crippen LogP contribution is 2.15. The van der Waals surface area contributed by atoms with Gasteiger partial charge in [0.15, 0.2) is 0 Å². The van der Waals surface area contributed by atoms with E-state index < -0.39 is 11.8 Å². The molecule has 0 atom stereocenters. The zero-order chi connectivity index (χ0) is 15.7. The van der Waals surface area contributed by atoms with Crippen molar-refractivity contribution in [3.05, 3.63) is 35.1 Å². The van der Waals surface area contributed by atoms with Gasteiger partial charge in [-0.05, 0) is 12.5 Å². The van der Waals surface area contributed by atoms with Gasteiger partial charge in [-0.25, -0.2) is 9.18 Å². The molecule has 0 aromatic heterocycles. The average molecular weight is 299 g/mol. The van der Waals surface area contributed by atoms with Crippen molar-refractivity contribution in [1.82, 2.24) is 4.90 Å². The van der Waals surface area contributed by atoms with E-state index in [0.717, 1.165) is 13.0 Å². The predicted octanol–water partition coefficient (Wildman–Crippen LogP) is 2.01. The van der Waals surface area contributed by atoms with E-state index in [4.69, 9.17) is 14.6 Å². The topological polar surface area (TPSA) is 59.0 Å². The molecule has 1 N–H and O–H groups in total. The summed E-state index contributed by atoms with van der Waals surface area (Å²) in [5.41, 5.74) is 0.0829. The van der Waals surface area contributed by atoms with Crippen LogP contribution in [0.25, 0.3) is 0 Å². The molecule has 0 radical (unpaired) electrons. The molecule has 1 aromatic rings. The van der Waals surface area contributed by atoms with Gasteiger partial charge in [0.2, 0.25) is 0 Å². The Kier molecular flexibility index (Phi) is 7.89. The molecular formula is C15H22FNO4. The van der Waals surface area contributed by atoms with Crippen LogP contribution >= 0.6 is 0 Å². The van der Waals surface area contributed by atoms with E-state index in [0.29, 0.717) is 31.9 Å². The lowest BCUT2D eigenvalue weighted by Crippen LogP contribution is -2.29. The van der Waals surface area contributed by atoms with Crippen molar-refractivity contribution in [2.45, 2.75) is 13.0 Å². The third-order valence-corrected chi connectivity index (χ3v) is 3.14. The average Bonchev–Trinajstić information content (AvgIpc) is 2.46. The van der Waals surface area contributed by atoms with E-state index in [2.05, 4.69) is 0 Å². The summed E-state index contributed by atoms with van der Waals surface area (Å²) in [5.74, 6) is -1.92. The SMILES string of the molecule is COCCCN(CCOC)Cc1cccc(C(=O)O)c1F. The number of aromatic carboxylic acids is 1. The van der Waals surface area contributed by atoms with Crippen LogP contribution < -0.4 is 0 Å². The number of carboxylic acids is 1. The Morgan fingerprint density at radius 3 is 2.57 bits per heavy atom. The minimum Gasteiger partial charge on any atom is -0.478 e. The minimum atomic E-state index is -1.25. The first-order valence-corrected chi connectivity index (χ1v) is 6.81. The molecular weight excluding hydrogens is 277 g/mol. The second-order valence-electron chi connectivity index (χ2n) is 4.70. The molecule has 5 nitrogen and oxygen atoms in total. The second-order valence-corrected chi connectivity index (χ2v) is 4.70. The van der Waals surface area contributed by atoms with Crippen molar-refractivity contribution in [1.29, 1.82) is 0 Å². The third-order valence-electron chi connectivity index (χ3n) is 3.14. The van der Waals surface area contributed by atoms with Gasteiger partial charge in [0, 0.05) is 46.0 Å². The molecule has 0 heterocycles. The lowest BCUT2D eigenvalue weighted by Gasteiger charge is -2.22. The molecule has 0 aliphatic carbocycles. The van der Waals surface area contributed by atoms with Crippen LogP contribution in [0.4, 0.5) is 4.39 Å². The Bertz CT molecular complexity index is 453. The highest BCUT2D eigenvalue weighted by Gasteiger charge is 2.15. The maximum absolute atomic E-state index is 14.1. The van der Waals surface area contributed by atoms with Gasteiger partial charge in [-0.2, -0.15) is 0 Å². The summed E-state index contributed by atoms with van der Waals surface area (Å²) in [4.78, 5) is 13.0. The van der Waals surface area contributed by atoms with Gasteiger partial charge in [0.1, 0.15) is 5.82 Å². The van der Waals surface area contributed by atoms with Crippen LogP contribution in [0, 0.1) is 5.82 Å². The standard InChI is InChI=1S/C15H22FNO4/c1-20-9-4-7-17(8-10-21-2)11-12-5-3-6-13(14(12)16)15(18)19/h3,5-6H,4,7-11H2,1-2H3,(H,18,19). The summed E-state index contributed by atoms with van der Waals surface area (Å²) in [5, 5.41) is 8.95. The third kappa shape index (κ3) is 5.79. The zero-order valence-electron chi connectivity index (χ0n) is 12.5. The van der Waals surface area contributed by atoms with Crippen molar-refractivity contribution < 1.29 is 23.8 Å². The van der Waals surface area contributed by atoms with Gasteiger partial charge in [-0.15, -0.1) is 0 Å². The van der Waals surface area contributed by atoms with E-state index in [9.17, 15) is 9.18 Å². The Morgan fingerprint density at radius 2 is 1.95 bits per heavy atom. The molecule has 1 rings (SSSR count). The van der Waals surface area contributed by atoms with E-state index in [1.165, 1.54) is 6.07 Å². The van der Waals surface area contributed by atoms with Crippen molar-refractivity contribution in [3.8, 4) is 0 Å². The minimum absolute atomic E-state index is 0.295. The summed E-state index contributed by atoms with van der Waals surface area (Å²) >= 11 is 0. The van der Waals surface area contributed by atoms with Crippen LogP contribution in [0.5, 0.6) is 0 Å². The Labute approximate surface area is 124 Å². The molecule has 0 unspecified atom stereocenters. The Hall–Kier alpha value is -1.50. The summed E-state index contributed by atoms with van der Waals surface area (Å²) in [6.45, 7) is 2.89. The lowest BCUT2D eigenvalue weighted by molar-refractivity contribution is 0.0691. The maximum Gasteiger partial charge on any atom is 0.338 e. The van der Waals surface area contributed by atoms with Gasteiger partial charge in [-0.3, -0.25) is 4.90 Å². The highest BCUT2D eigenvalue weighted by atomic mass is 19.1. The number of nitrogens with zero attached hydrogens (tertiary/aromatic N) is 1. The zero-order valence-corrected chi connectivity index (χ0v) is 12.5. The van der Waals surface area contributed by atoms with Gasteiger partial charge >= 0.3 is 5.97 Å². The largest absolute Gasteiger partial charge is 0.478 e. The number of carboxylic acid groups (broad SMARTS) is 1. The molecule has 0 bridgehead atoms. The van der Waals surface area contributed by atoms with Crippen molar-refractivity contribution in [3.63, 3.8) is 0 Å². The molecule has 0 saturated carbocycles. The van der Waals surface area contributed by atoms with Crippen LogP contribution in [-0.2, 0) is 16.0 Å². The molecule has 0 amide bonds. The monoisotopic (exact) mass is 299 g/mol. The number of methoxy groups -OCH3 is 2. The second kappa shape index (κ2) is 9.44. The van der Waals surface area contributed by atoms with Crippen LogP contribution in [-0.4, -0.2) is 56.5 Å². The maximum atomic E-state index is 14.1. The van der Waals surface area contributed by atoms with E-state index in [1.807, 2.05) is 4.90 Å². The van der Waals surface area contributed by atoms with Crippen LogP contribution in [0.1, 0.15) is 22.3 Å². The van der Waals surface area contributed by atoms with Crippen molar-refractivity contribution in [2.24, 2.45) is 0 Å². The van der Waals surface area contributed by atoms with E-state index in [1.54, 1.807) is 26.4 Å². The summed E-state index contributed by atoms with van der Waals surface area (Å²) in [6.07, 6.45) is 0.820. The van der Waals surface area contributed by atoms with Crippen LogP contribution in [0.15, 0.2) is 18.2 Å². The van der Waals surface area contributed by atoms with Crippen LogP contribution in [0.3, 0.4) is 0 Å². The van der Waals surface area contributed by atoms with Crippen molar-refractivity contribution >= 4 is 5.97 Å². The fourth-order valence-electron chi connectivity index (χ4n) is 2.03. The number of ether oxygens (including phenoxy) is 2. The molecule has 0 spiro atoms. The normalized spacial score (nSPS) is 11.0. The van der Waals surface area contributed by atoms with Gasteiger partial charge in [0.05, 0.1) is 12.2 Å².